The summed E-state index contributed by atoms with van der Waals surface area (Å²) >= 11 is 0. The number of carbonyl (C=O) groups excluding carboxylic acids is 2. The van der Waals surface area contributed by atoms with Crippen molar-refractivity contribution in [3.8, 4) is 5.75 Å². The van der Waals surface area contributed by atoms with Gasteiger partial charge in [0.1, 0.15) is 12.4 Å². The molecule has 0 spiro atoms. The molecule has 7 heteroatoms. The summed E-state index contributed by atoms with van der Waals surface area (Å²) in [5, 5.41) is 9.48. The molecule has 166 valence electrons. The molecule has 3 aromatic carbocycles. The molecule has 4 aromatic rings. The molecular weight excluding hydrogens is 418 g/mol. The first-order valence-corrected chi connectivity index (χ1v) is 10.5. The first-order valence-electron chi connectivity index (χ1n) is 10.5. The summed E-state index contributed by atoms with van der Waals surface area (Å²) in [6, 6.07) is 27.5. The van der Waals surface area contributed by atoms with Gasteiger partial charge in [0.15, 0.2) is 11.5 Å². The first kappa shape index (κ1) is 21.8. The molecule has 7 nitrogen and oxygen atoms in total. The molecule has 0 saturated heterocycles. The second-order valence-corrected chi connectivity index (χ2v) is 7.30. The molecule has 0 fully saturated rings. The molecule has 33 heavy (non-hydrogen) atoms. The monoisotopic (exact) mass is 441 g/mol. The van der Waals surface area contributed by atoms with Crippen molar-refractivity contribution in [2.45, 2.75) is 13.0 Å². The van der Waals surface area contributed by atoms with Gasteiger partial charge < -0.3 is 19.9 Å². The number of rotatable bonds is 9. The molecule has 0 radical (unpaired) electrons. The molecule has 0 atom stereocenters. The highest BCUT2D eigenvalue weighted by Crippen LogP contribution is 2.18. The Kier molecular flexibility index (Phi) is 7.12. The van der Waals surface area contributed by atoms with Crippen molar-refractivity contribution in [3.05, 3.63) is 114 Å². The van der Waals surface area contributed by atoms with E-state index in [2.05, 4.69) is 15.8 Å². The number of hydrogen-bond acceptors (Lipinski definition) is 5. The highest BCUT2D eigenvalue weighted by atomic mass is 16.5. The fourth-order valence-electron chi connectivity index (χ4n) is 3.13. The van der Waals surface area contributed by atoms with Crippen LogP contribution in [0.4, 0.5) is 5.69 Å². The third-order valence-corrected chi connectivity index (χ3v) is 4.86. The quantitative estimate of drug-likeness (QED) is 0.400. The van der Waals surface area contributed by atoms with Gasteiger partial charge in [0.2, 0.25) is 0 Å². The van der Waals surface area contributed by atoms with E-state index in [-0.39, 0.29) is 24.1 Å². The normalized spacial score (nSPS) is 10.4. The molecule has 4 rings (SSSR count). The van der Waals surface area contributed by atoms with Crippen molar-refractivity contribution in [1.82, 2.24) is 10.5 Å². The minimum Gasteiger partial charge on any atom is -0.486 e. The Morgan fingerprint density at radius 3 is 2.27 bits per heavy atom. The van der Waals surface area contributed by atoms with E-state index in [1.54, 1.807) is 42.5 Å². The standard InChI is InChI=1S/C26H23N3O4/c30-25(20-9-5-2-6-10-20)28-21-11-13-22(14-12-21)32-18-23-17-24(29-33-23)26(31)27-16-15-19-7-3-1-4-8-19/h1-14,17H,15-16,18H2,(H,27,31)(H,28,30). The minimum atomic E-state index is -0.292. The van der Waals surface area contributed by atoms with Crippen molar-refractivity contribution >= 4 is 17.5 Å². The Bertz CT molecular complexity index is 1190. The van der Waals surface area contributed by atoms with Gasteiger partial charge in [0.25, 0.3) is 11.8 Å². The highest BCUT2D eigenvalue weighted by molar-refractivity contribution is 6.04. The second kappa shape index (κ2) is 10.8. The maximum atomic E-state index is 12.2. The zero-order valence-corrected chi connectivity index (χ0v) is 17.9. The molecular formula is C26H23N3O4. The van der Waals surface area contributed by atoms with Crippen molar-refractivity contribution in [2.24, 2.45) is 0 Å². The van der Waals surface area contributed by atoms with Crippen molar-refractivity contribution in [2.75, 3.05) is 11.9 Å². The van der Waals surface area contributed by atoms with Crippen LogP contribution >= 0.6 is 0 Å². The minimum absolute atomic E-state index is 0.125. The van der Waals surface area contributed by atoms with Gasteiger partial charge in [-0.3, -0.25) is 9.59 Å². The SMILES string of the molecule is O=C(Nc1ccc(OCc2cc(C(=O)NCCc3ccccc3)no2)cc1)c1ccccc1. The van der Waals surface area contributed by atoms with E-state index in [0.29, 0.717) is 29.3 Å². The number of nitrogens with zero attached hydrogens (tertiary/aromatic N) is 1. The van der Waals surface area contributed by atoms with Crippen LogP contribution in [0.3, 0.4) is 0 Å². The molecule has 1 aromatic heterocycles. The number of anilines is 1. The van der Waals surface area contributed by atoms with E-state index in [0.717, 1.165) is 12.0 Å². The smallest absolute Gasteiger partial charge is 0.273 e. The van der Waals surface area contributed by atoms with Crippen LogP contribution in [0.2, 0.25) is 0 Å². The maximum Gasteiger partial charge on any atom is 0.273 e. The molecule has 0 unspecified atom stereocenters. The average molecular weight is 441 g/mol. The predicted octanol–water partition coefficient (Wildman–Crippen LogP) is 4.48. The highest BCUT2D eigenvalue weighted by Gasteiger charge is 2.13. The second-order valence-electron chi connectivity index (χ2n) is 7.30. The molecule has 0 aliphatic heterocycles. The van der Waals surface area contributed by atoms with Crippen LogP contribution in [0, 0.1) is 0 Å². The van der Waals surface area contributed by atoms with E-state index >= 15 is 0 Å². The molecule has 2 N–H and O–H groups in total. The molecule has 0 aliphatic rings. The van der Waals surface area contributed by atoms with Gasteiger partial charge in [-0.2, -0.15) is 0 Å². The van der Waals surface area contributed by atoms with E-state index in [4.69, 9.17) is 9.26 Å². The summed E-state index contributed by atoms with van der Waals surface area (Å²) in [7, 11) is 0. The average Bonchev–Trinajstić information content (AvgIpc) is 3.34. The summed E-state index contributed by atoms with van der Waals surface area (Å²) in [6.07, 6.45) is 0.738. The van der Waals surface area contributed by atoms with Gasteiger partial charge >= 0.3 is 0 Å². The van der Waals surface area contributed by atoms with E-state index < -0.39 is 0 Å². The summed E-state index contributed by atoms with van der Waals surface area (Å²) in [6.45, 7) is 0.634. The number of carbonyl (C=O) groups is 2. The lowest BCUT2D eigenvalue weighted by Crippen LogP contribution is -2.25. The fraction of sp³-hybridized carbons (Fsp3) is 0.115. The predicted molar refractivity (Wildman–Crippen MR) is 124 cm³/mol. The molecule has 0 aliphatic carbocycles. The van der Waals surface area contributed by atoms with Gasteiger partial charge in [0.05, 0.1) is 0 Å². The number of aromatic nitrogens is 1. The largest absolute Gasteiger partial charge is 0.486 e. The van der Waals surface area contributed by atoms with Gasteiger partial charge in [-0.15, -0.1) is 0 Å². The number of ether oxygens (including phenoxy) is 1. The number of benzene rings is 3. The molecule has 0 saturated carbocycles. The van der Waals surface area contributed by atoms with Gasteiger partial charge in [0, 0.05) is 23.9 Å². The Hall–Kier alpha value is -4.39. The van der Waals surface area contributed by atoms with Crippen LogP contribution in [-0.2, 0) is 13.0 Å². The van der Waals surface area contributed by atoms with Crippen LogP contribution in [0.15, 0.2) is 95.5 Å². The van der Waals surface area contributed by atoms with Gasteiger partial charge in [-0.25, -0.2) is 0 Å². The lowest BCUT2D eigenvalue weighted by Gasteiger charge is -2.07. The topological polar surface area (TPSA) is 93.5 Å². The van der Waals surface area contributed by atoms with E-state index in [1.165, 1.54) is 0 Å². The third-order valence-electron chi connectivity index (χ3n) is 4.86. The lowest BCUT2D eigenvalue weighted by molar-refractivity contribution is 0.0944. The third kappa shape index (κ3) is 6.30. The van der Waals surface area contributed by atoms with Crippen LogP contribution in [0.1, 0.15) is 32.2 Å². The van der Waals surface area contributed by atoms with Crippen LogP contribution in [0.5, 0.6) is 5.75 Å². The Balaban J connectivity index is 1.23. The number of nitrogens with one attached hydrogen (secondary N) is 2. The Morgan fingerprint density at radius 1 is 0.848 bits per heavy atom. The van der Waals surface area contributed by atoms with Crippen LogP contribution < -0.4 is 15.4 Å². The van der Waals surface area contributed by atoms with Crippen molar-refractivity contribution in [1.29, 1.82) is 0 Å². The number of amides is 2. The van der Waals surface area contributed by atoms with Crippen molar-refractivity contribution < 1.29 is 18.8 Å². The van der Waals surface area contributed by atoms with Gasteiger partial charge in [-0.1, -0.05) is 53.7 Å². The van der Waals surface area contributed by atoms with Crippen molar-refractivity contribution in [3.63, 3.8) is 0 Å². The van der Waals surface area contributed by atoms with E-state index in [9.17, 15) is 9.59 Å². The summed E-state index contributed by atoms with van der Waals surface area (Å²) in [4.78, 5) is 24.5. The summed E-state index contributed by atoms with van der Waals surface area (Å²) < 4.78 is 10.9. The van der Waals surface area contributed by atoms with E-state index in [1.807, 2.05) is 48.5 Å². The van der Waals surface area contributed by atoms with Crippen LogP contribution in [-0.4, -0.2) is 23.5 Å². The molecule has 2 amide bonds. The zero-order valence-electron chi connectivity index (χ0n) is 17.9. The molecule has 1 heterocycles. The first-order chi connectivity index (χ1) is 16.2. The zero-order chi connectivity index (χ0) is 22.9. The fourth-order valence-corrected chi connectivity index (χ4v) is 3.13. The lowest BCUT2D eigenvalue weighted by atomic mass is 10.1. The van der Waals surface area contributed by atoms with Crippen LogP contribution in [0.25, 0.3) is 0 Å². The Morgan fingerprint density at radius 2 is 1.55 bits per heavy atom. The Labute approximate surface area is 191 Å². The van der Waals surface area contributed by atoms with Gasteiger partial charge in [-0.05, 0) is 48.4 Å². The summed E-state index contributed by atoms with van der Waals surface area (Å²) in [5.41, 5.74) is 2.60. The molecule has 0 bridgehead atoms. The maximum absolute atomic E-state index is 12.2. The number of hydrogen-bond donors (Lipinski definition) is 2. The summed E-state index contributed by atoms with van der Waals surface area (Å²) in [5.74, 6) is 0.558.